The number of hydrogen-bond donors (Lipinski definition) is 3. The molecule has 23 heavy (non-hydrogen) atoms. The monoisotopic (exact) mass is 345 g/mol. The number of amides is 2. The first kappa shape index (κ1) is 21.3. The van der Waals surface area contributed by atoms with Gasteiger partial charge in [0.1, 0.15) is 5.82 Å². The van der Waals surface area contributed by atoms with Gasteiger partial charge in [-0.25, -0.2) is 4.39 Å². The molecule has 0 aromatic heterocycles. The van der Waals surface area contributed by atoms with Crippen LogP contribution in [0.1, 0.15) is 32.3 Å². The van der Waals surface area contributed by atoms with Gasteiger partial charge >= 0.3 is 0 Å². The third-order valence-corrected chi connectivity index (χ3v) is 3.75. The van der Waals surface area contributed by atoms with Crippen molar-refractivity contribution in [1.29, 1.82) is 0 Å². The Hall–Kier alpha value is -1.66. The van der Waals surface area contributed by atoms with Crippen LogP contribution in [0.4, 0.5) is 4.39 Å². The SMILES string of the molecule is CCC(N)(CC)CNC(=O)CNC(=O)Cc1cccc(F)c1.Cl. The van der Waals surface area contributed by atoms with Crippen LogP contribution in [-0.2, 0) is 16.0 Å². The number of carbonyl (C=O) groups excluding carboxylic acids is 2. The van der Waals surface area contributed by atoms with Crippen molar-refractivity contribution in [3.05, 3.63) is 35.6 Å². The standard InChI is InChI=1S/C16H24FN3O2.ClH/c1-3-16(18,4-2)11-20-15(22)10-19-14(21)9-12-6-5-7-13(17)8-12;/h5-8H,3-4,9-11,18H2,1-2H3,(H,19,21)(H,20,22);1H. The molecule has 1 rings (SSSR count). The summed E-state index contributed by atoms with van der Waals surface area (Å²) in [6.07, 6.45) is 1.56. The van der Waals surface area contributed by atoms with Crippen molar-refractivity contribution in [3.8, 4) is 0 Å². The zero-order valence-corrected chi connectivity index (χ0v) is 14.3. The van der Waals surface area contributed by atoms with Crippen LogP contribution in [0.15, 0.2) is 24.3 Å². The van der Waals surface area contributed by atoms with E-state index in [9.17, 15) is 14.0 Å². The maximum absolute atomic E-state index is 13.0. The fourth-order valence-corrected chi connectivity index (χ4v) is 1.91. The molecule has 7 heteroatoms. The maximum atomic E-state index is 13.0. The van der Waals surface area contributed by atoms with Crippen LogP contribution >= 0.6 is 12.4 Å². The Balaban J connectivity index is 0.00000484. The number of benzene rings is 1. The molecule has 1 aromatic rings. The lowest BCUT2D eigenvalue weighted by Gasteiger charge is -2.26. The van der Waals surface area contributed by atoms with Gasteiger partial charge in [0.25, 0.3) is 0 Å². The van der Waals surface area contributed by atoms with E-state index in [1.54, 1.807) is 12.1 Å². The van der Waals surface area contributed by atoms with Gasteiger partial charge in [0.15, 0.2) is 0 Å². The summed E-state index contributed by atoms with van der Waals surface area (Å²) < 4.78 is 13.0. The van der Waals surface area contributed by atoms with Crippen molar-refractivity contribution in [2.75, 3.05) is 13.1 Å². The Kier molecular flexibility index (Phi) is 9.44. The van der Waals surface area contributed by atoms with Crippen molar-refractivity contribution < 1.29 is 14.0 Å². The highest BCUT2D eigenvalue weighted by molar-refractivity contribution is 5.86. The van der Waals surface area contributed by atoms with Crippen LogP contribution in [0.5, 0.6) is 0 Å². The summed E-state index contributed by atoms with van der Waals surface area (Å²) in [6, 6.07) is 5.81. The van der Waals surface area contributed by atoms with Gasteiger partial charge in [-0.1, -0.05) is 26.0 Å². The van der Waals surface area contributed by atoms with Crippen LogP contribution in [0.2, 0.25) is 0 Å². The molecule has 0 bridgehead atoms. The second-order valence-electron chi connectivity index (χ2n) is 5.43. The minimum atomic E-state index is -0.415. The second-order valence-corrected chi connectivity index (χ2v) is 5.43. The van der Waals surface area contributed by atoms with Crippen molar-refractivity contribution >= 4 is 24.2 Å². The molecule has 0 heterocycles. The van der Waals surface area contributed by atoms with E-state index in [1.807, 2.05) is 13.8 Å². The molecule has 0 fully saturated rings. The predicted molar refractivity (Wildman–Crippen MR) is 90.9 cm³/mol. The molecule has 0 atom stereocenters. The molecular weight excluding hydrogens is 321 g/mol. The molecule has 0 aliphatic rings. The van der Waals surface area contributed by atoms with E-state index in [0.29, 0.717) is 12.1 Å². The highest BCUT2D eigenvalue weighted by Crippen LogP contribution is 2.09. The first-order chi connectivity index (χ1) is 10.4. The van der Waals surface area contributed by atoms with Crippen LogP contribution in [0.3, 0.4) is 0 Å². The fourth-order valence-electron chi connectivity index (χ4n) is 1.91. The maximum Gasteiger partial charge on any atom is 0.239 e. The number of rotatable bonds is 8. The summed E-state index contributed by atoms with van der Waals surface area (Å²) in [7, 11) is 0. The minimum Gasteiger partial charge on any atom is -0.353 e. The van der Waals surface area contributed by atoms with E-state index in [4.69, 9.17) is 5.73 Å². The third-order valence-electron chi connectivity index (χ3n) is 3.75. The Bertz CT molecular complexity index is 522. The molecule has 0 spiro atoms. The Labute approximate surface area is 142 Å². The summed E-state index contributed by atoms with van der Waals surface area (Å²) in [4.78, 5) is 23.4. The quantitative estimate of drug-likeness (QED) is 0.668. The summed E-state index contributed by atoms with van der Waals surface area (Å²) in [5.41, 5.74) is 6.23. The van der Waals surface area contributed by atoms with Crippen molar-refractivity contribution in [2.24, 2.45) is 5.73 Å². The van der Waals surface area contributed by atoms with Gasteiger partial charge in [-0.2, -0.15) is 0 Å². The van der Waals surface area contributed by atoms with Crippen molar-refractivity contribution in [2.45, 2.75) is 38.6 Å². The second kappa shape index (κ2) is 10.2. The van der Waals surface area contributed by atoms with E-state index in [1.165, 1.54) is 12.1 Å². The van der Waals surface area contributed by atoms with E-state index >= 15 is 0 Å². The first-order valence-corrected chi connectivity index (χ1v) is 7.45. The minimum absolute atomic E-state index is 0. The molecule has 5 nitrogen and oxygen atoms in total. The summed E-state index contributed by atoms with van der Waals surface area (Å²) in [6.45, 7) is 4.20. The lowest BCUT2D eigenvalue weighted by molar-refractivity contribution is -0.125. The molecule has 4 N–H and O–H groups in total. The van der Waals surface area contributed by atoms with Gasteiger partial charge in [-0.05, 0) is 30.5 Å². The molecule has 0 aliphatic heterocycles. The van der Waals surface area contributed by atoms with Crippen LogP contribution in [0.25, 0.3) is 0 Å². The molecule has 0 unspecified atom stereocenters. The van der Waals surface area contributed by atoms with Gasteiger partial charge in [0.2, 0.25) is 11.8 Å². The largest absolute Gasteiger partial charge is 0.353 e. The van der Waals surface area contributed by atoms with Gasteiger partial charge in [0, 0.05) is 12.1 Å². The zero-order valence-electron chi connectivity index (χ0n) is 13.5. The molecule has 2 amide bonds. The number of nitrogens with two attached hydrogens (primary N) is 1. The molecule has 0 radical (unpaired) electrons. The normalized spacial score (nSPS) is 10.6. The van der Waals surface area contributed by atoms with E-state index in [-0.39, 0.29) is 43.0 Å². The number of nitrogens with one attached hydrogen (secondary N) is 2. The molecule has 0 aliphatic carbocycles. The van der Waals surface area contributed by atoms with Gasteiger partial charge in [-0.3, -0.25) is 9.59 Å². The lowest BCUT2D eigenvalue weighted by Crippen LogP contribution is -2.50. The van der Waals surface area contributed by atoms with E-state index in [0.717, 1.165) is 12.8 Å². The highest BCUT2D eigenvalue weighted by Gasteiger charge is 2.20. The Morgan fingerprint density at radius 3 is 2.39 bits per heavy atom. The molecule has 0 saturated heterocycles. The summed E-state index contributed by atoms with van der Waals surface area (Å²) in [5.74, 6) is -1.00. The zero-order chi connectivity index (χ0) is 16.6. The van der Waals surface area contributed by atoms with Crippen LogP contribution in [-0.4, -0.2) is 30.4 Å². The number of halogens is 2. The fraction of sp³-hybridized carbons (Fsp3) is 0.500. The van der Waals surface area contributed by atoms with Crippen LogP contribution in [0, 0.1) is 5.82 Å². The molecule has 1 aromatic carbocycles. The van der Waals surface area contributed by atoms with Crippen molar-refractivity contribution in [3.63, 3.8) is 0 Å². The summed E-state index contributed by atoms with van der Waals surface area (Å²) in [5, 5.41) is 5.22. The lowest BCUT2D eigenvalue weighted by atomic mass is 9.94. The third kappa shape index (κ3) is 7.95. The molecule has 130 valence electrons. The first-order valence-electron chi connectivity index (χ1n) is 7.45. The van der Waals surface area contributed by atoms with Gasteiger partial charge in [-0.15, -0.1) is 12.4 Å². The molecular formula is C16H25ClFN3O2. The topological polar surface area (TPSA) is 84.2 Å². The van der Waals surface area contributed by atoms with E-state index < -0.39 is 5.54 Å². The Morgan fingerprint density at radius 2 is 1.83 bits per heavy atom. The average molecular weight is 346 g/mol. The van der Waals surface area contributed by atoms with Gasteiger partial charge in [0.05, 0.1) is 13.0 Å². The predicted octanol–water partition coefficient (Wildman–Crippen LogP) is 1.54. The van der Waals surface area contributed by atoms with E-state index in [2.05, 4.69) is 10.6 Å². The number of hydrogen-bond acceptors (Lipinski definition) is 3. The number of carbonyl (C=O) groups is 2. The van der Waals surface area contributed by atoms with Gasteiger partial charge < -0.3 is 16.4 Å². The summed E-state index contributed by atoms with van der Waals surface area (Å²) >= 11 is 0. The Morgan fingerprint density at radius 1 is 1.17 bits per heavy atom. The van der Waals surface area contributed by atoms with Crippen molar-refractivity contribution in [1.82, 2.24) is 10.6 Å². The average Bonchev–Trinajstić information content (AvgIpc) is 2.50. The highest BCUT2D eigenvalue weighted by atomic mass is 35.5. The molecule has 0 saturated carbocycles. The van der Waals surface area contributed by atoms with Crippen LogP contribution < -0.4 is 16.4 Å². The smallest absolute Gasteiger partial charge is 0.239 e.